The van der Waals surface area contributed by atoms with Gasteiger partial charge in [-0.2, -0.15) is 0 Å². The molecule has 6 rings (SSSR count). The van der Waals surface area contributed by atoms with Crippen molar-refractivity contribution in [2.24, 2.45) is 5.92 Å². The maximum atomic E-state index is 13.7. The van der Waals surface area contributed by atoms with Crippen molar-refractivity contribution >= 4 is 11.8 Å². The fourth-order valence-electron chi connectivity index (χ4n) is 5.83. The molecule has 0 radical (unpaired) electrons. The van der Waals surface area contributed by atoms with Gasteiger partial charge in [-0.05, 0) is 62.1 Å². The first-order chi connectivity index (χ1) is 21.1. The molecule has 2 amide bonds. The van der Waals surface area contributed by atoms with Gasteiger partial charge in [0.15, 0.2) is 23.0 Å². The lowest BCUT2D eigenvalue weighted by molar-refractivity contribution is -0.135. The summed E-state index contributed by atoms with van der Waals surface area (Å²) in [5.41, 5.74) is 1.43. The van der Waals surface area contributed by atoms with E-state index in [2.05, 4.69) is 9.55 Å². The van der Waals surface area contributed by atoms with Crippen molar-refractivity contribution in [3.8, 4) is 34.4 Å². The van der Waals surface area contributed by atoms with Gasteiger partial charge in [0.2, 0.25) is 12.7 Å². The molecule has 11 nitrogen and oxygen atoms in total. The molecule has 3 aliphatic rings. The second kappa shape index (κ2) is 13.4. The smallest absolute Gasteiger partial charge is 0.254 e. The Bertz CT molecular complexity index is 1430. The van der Waals surface area contributed by atoms with E-state index >= 15 is 0 Å². The molecule has 11 heteroatoms. The molecular weight excluding hydrogens is 552 g/mol. The highest BCUT2D eigenvalue weighted by Gasteiger charge is 2.28. The van der Waals surface area contributed by atoms with Crippen LogP contribution in [0.5, 0.6) is 23.0 Å². The van der Waals surface area contributed by atoms with E-state index in [9.17, 15) is 9.59 Å². The van der Waals surface area contributed by atoms with Crippen LogP contribution >= 0.6 is 0 Å². The van der Waals surface area contributed by atoms with Gasteiger partial charge in [-0.15, -0.1) is 0 Å². The monoisotopic (exact) mass is 590 g/mol. The van der Waals surface area contributed by atoms with E-state index in [4.69, 9.17) is 23.7 Å². The first-order valence-electron chi connectivity index (χ1n) is 15.0. The van der Waals surface area contributed by atoms with E-state index in [1.54, 1.807) is 36.4 Å². The van der Waals surface area contributed by atoms with Crippen molar-refractivity contribution in [2.75, 3.05) is 59.9 Å². The summed E-state index contributed by atoms with van der Waals surface area (Å²) in [6, 6.07) is 11.0. The zero-order chi connectivity index (χ0) is 29.6. The third-order valence-electron chi connectivity index (χ3n) is 8.19. The molecule has 2 aromatic carbocycles. The van der Waals surface area contributed by atoms with Crippen molar-refractivity contribution in [1.82, 2.24) is 19.4 Å². The molecule has 2 bridgehead atoms. The van der Waals surface area contributed by atoms with E-state index in [0.717, 1.165) is 43.6 Å². The standard InChI is InChI=1S/C32H38N4O7/c1-39-26-7-5-23-19-28(26)41-18-16-36(31(37)24-6-8-27-29(20-24)43-22-42-27)12-3-2-11-35(32(38)25-9-17-40-21-25)14-4-13-34-15-10-33-30(23)34/h5-8,10,15,19-20,25H,2-4,9,11-14,16-18,21-22H2,1H3. The molecule has 3 aliphatic heterocycles. The van der Waals surface area contributed by atoms with Crippen LogP contribution in [-0.4, -0.2) is 91.1 Å². The third-order valence-corrected chi connectivity index (χ3v) is 8.19. The number of aryl methyl sites for hydroxylation is 1. The average molecular weight is 591 g/mol. The fourth-order valence-corrected chi connectivity index (χ4v) is 5.83. The molecule has 43 heavy (non-hydrogen) atoms. The Labute approximate surface area is 251 Å². The van der Waals surface area contributed by atoms with Crippen LogP contribution in [0.2, 0.25) is 0 Å². The lowest BCUT2D eigenvalue weighted by Gasteiger charge is -2.27. The minimum absolute atomic E-state index is 0.0862. The first kappa shape index (κ1) is 28.9. The van der Waals surface area contributed by atoms with E-state index in [1.165, 1.54) is 0 Å². The number of benzene rings is 2. The molecule has 0 aliphatic carbocycles. The number of hydrogen-bond donors (Lipinski definition) is 0. The van der Waals surface area contributed by atoms with Crippen molar-refractivity contribution < 1.29 is 33.3 Å². The number of methoxy groups -OCH3 is 1. The largest absolute Gasteiger partial charge is 0.493 e. The van der Waals surface area contributed by atoms with E-state index in [-0.39, 0.29) is 31.1 Å². The van der Waals surface area contributed by atoms with E-state index < -0.39 is 0 Å². The Morgan fingerprint density at radius 3 is 2.53 bits per heavy atom. The van der Waals surface area contributed by atoms with Crippen LogP contribution in [0.3, 0.4) is 0 Å². The summed E-state index contributed by atoms with van der Waals surface area (Å²) in [4.78, 5) is 35.5. The van der Waals surface area contributed by atoms with Crippen molar-refractivity contribution in [2.45, 2.75) is 32.2 Å². The number of nitrogens with zero attached hydrogens (tertiary/aromatic N) is 4. The number of fused-ring (bicyclic) bond motifs is 5. The van der Waals surface area contributed by atoms with Crippen LogP contribution in [0, 0.1) is 5.92 Å². The molecule has 1 aromatic heterocycles. The summed E-state index contributed by atoms with van der Waals surface area (Å²) in [6.45, 7) is 4.43. The molecule has 0 N–H and O–H groups in total. The molecule has 228 valence electrons. The van der Waals surface area contributed by atoms with Crippen molar-refractivity contribution in [3.05, 3.63) is 54.4 Å². The SMILES string of the molecule is COc1ccc2cc1OCCN(C(=O)c1ccc3c(c1)OCO3)CCCCN(C(=O)C1CCOC1)CCCn1ccnc1-2. The summed E-state index contributed by atoms with van der Waals surface area (Å²) < 4.78 is 30.3. The van der Waals surface area contributed by atoms with E-state index in [1.807, 2.05) is 29.3 Å². The normalized spacial score (nSPS) is 19.3. The highest BCUT2D eigenvalue weighted by atomic mass is 16.7. The highest BCUT2D eigenvalue weighted by Crippen LogP contribution is 2.34. The van der Waals surface area contributed by atoms with Gasteiger partial charge in [0.1, 0.15) is 12.4 Å². The maximum Gasteiger partial charge on any atom is 0.254 e. The molecule has 0 saturated carbocycles. The molecule has 1 atom stereocenters. The Morgan fingerprint density at radius 1 is 0.860 bits per heavy atom. The molecular formula is C32H38N4O7. The molecule has 1 saturated heterocycles. The minimum atomic E-state index is -0.112. The minimum Gasteiger partial charge on any atom is -0.493 e. The predicted octanol–water partition coefficient (Wildman–Crippen LogP) is 3.86. The van der Waals surface area contributed by atoms with Gasteiger partial charge in [0.05, 0.1) is 26.2 Å². The zero-order valence-corrected chi connectivity index (χ0v) is 24.5. The lowest BCUT2D eigenvalue weighted by Crippen LogP contribution is -2.39. The topological polar surface area (TPSA) is 105 Å². The van der Waals surface area contributed by atoms with Crippen molar-refractivity contribution in [3.63, 3.8) is 0 Å². The van der Waals surface area contributed by atoms with Crippen LogP contribution in [0.4, 0.5) is 0 Å². The third kappa shape index (κ3) is 6.56. The lowest BCUT2D eigenvalue weighted by atomic mass is 10.1. The molecule has 1 unspecified atom stereocenters. The quantitative estimate of drug-likeness (QED) is 0.453. The summed E-state index contributed by atoms with van der Waals surface area (Å²) in [6.07, 6.45) is 6.82. The summed E-state index contributed by atoms with van der Waals surface area (Å²) in [5.74, 6) is 3.17. The van der Waals surface area contributed by atoms with Gasteiger partial charge >= 0.3 is 0 Å². The number of carbonyl (C=O) groups excluding carboxylic acids is 2. The Balaban J connectivity index is 1.25. The maximum absolute atomic E-state index is 13.7. The number of aromatic nitrogens is 2. The number of carbonyl (C=O) groups is 2. The van der Waals surface area contributed by atoms with Gasteiger partial charge in [0, 0.05) is 56.3 Å². The number of ether oxygens (including phenoxy) is 5. The van der Waals surface area contributed by atoms with Gasteiger partial charge in [-0.1, -0.05) is 0 Å². The zero-order valence-electron chi connectivity index (χ0n) is 24.5. The van der Waals surface area contributed by atoms with Crippen LogP contribution < -0.4 is 18.9 Å². The van der Waals surface area contributed by atoms with Gasteiger partial charge in [0.25, 0.3) is 5.91 Å². The molecule has 0 spiro atoms. The van der Waals surface area contributed by atoms with Crippen LogP contribution in [0.1, 0.15) is 36.0 Å². The molecule has 1 fully saturated rings. The number of imidazole rings is 1. The van der Waals surface area contributed by atoms with E-state index in [0.29, 0.717) is 68.0 Å². The second-order valence-corrected chi connectivity index (χ2v) is 11.0. The summed E-state index contributed by atoms with van der Waals surface area (Å²) >= 11 is 0. The Morgan fingerprint density at radius 2 is 1.70 bits per heavy atom. The number of rotatable bonds is 3. The van der Waals surface area contributed by atoms with Gasteiger partial charge in [-0.25, -0.2) is 4.98 Å². The molecule has 4 heterocycles. The number of amides is 2. The van der Waals surface area contributed by atoms with Crippen LogP contribution in [0.15, 0.2) is 48.8 Å². The van der Waals surface area contributed by atoms with Gasteiger partial charge in [-0.3, -0.25) is 9.59 Å². The number of hydrogen-bond acceptors (Lipinski definition) is 8. The fraction of sp³-hybridized carbons (Fsp3) is 0.469. The first-order valence-corrected chi connectivity index (χ1v) is 15.0. The van der Waals surface area contributed by atoms with Crippen LogP contribution in [0.25, 0.3) is 11.4 Å². The summed E-state index contributed by atoms with van der Waals surface area (Å²) in [7, 11) is 1.61. The Kier molecular flexibility index (Phi) is 8.97. The molecule has 3 aromatic rings. The van der Waals surface area contributed by atoms with Crippen molar-refractivity contribution in [1.29, 1.82) is 0 Å². The van der Waals surface area contributed by atoms with Gasteiger partial charge < -0.3 is 38.1 Å². The highest BCUT2D eigenvalue weighted by molar-refractivity contribution is 5.95. The predicted molar refractivity (Wildman–Crippen MR) is 158 cm³/mol. The average Bonchev–Trinajstić information content (AvgIpc) is 3.82. The second-order valence-electron chi connectivity index (χ2n) is 11.0. The Hall–Kier alpha value is -4.25. The summed E-state index contributed by atoms with van der Waals surface area (Å²) in [5, 5.41) is 0. The van der Waals surface area contributed by atoms with Crippen LogP contribution in [-0.2, 0) is 16.1 Å².